The molecule has 4 nitrogen and oxygen atoms in total. The number of esters is 1. The van der Waals surface area contributed by atoms with Crippen LogP contribution in [0.25, 0.3) is 0 Å². The van der Waals surface area contributed by atoms with E-state index < -0.39 is 0 Å². The zero-order chi connectivity index (χ0) is 13.8. The minimum atomic E-state index is -0.150. The van der Waals surface area contributed by atoms with E-state index in [1.807, 2.05) is 0 Å². The Balaban J connectivity index is 2.07. The number of hydrogen-bond donors (Lipinski definition) is 1. The topological polar surface area (TPSA) is 55.6 Å². The maximum absolute atomic E-state index is 11.4. The van der Waals surface area contributed by atoms with Crippen LogP contribution in [0, 0.1) is 12.8 Å². The molecule has 1 heterocycles. The summed E-state index contributed by atoms with van der Waals surface area (Å²) in [5.74, 6) is 0.125. The van der Waals surface area contributed by atoms with Gasteiger partial charge in [0.05, 0.1) is 13.5 Å². The zero-order valence-corrected chi connectivity index (χ0v) is 11.6. The molecule has 1 aromatic rings. The molecule has 1 aromatic carbocycles. The minimum Gasteiger partial charge on any atom is -0.469 e. The number of carbonyl (C=O) groups excluding carboxylic acids is 1. The van der Waals surface area contributed by atoms with Crippen molar-refractivity contribution in [1.29, 1.82) is 0 Å². The average Bonchev–Trinajstić information content (AvgIpc) is 2.38. The van der Waals surface area contributed by atoms with E-state index in [1.54, 1.807) is 0 Å². The summed E-state index contributed by atoms with van der Waals surface area (Å²) in [4.78, 5) is 13.7. The van der Waals surface area contributed by atoms with Crippen molar-refractivity contribution in [3.05, 3.63) is 29.8 Å². The molecule has 19 heavy (non-hydrogen) atoms. The Morgan fingerprint density at radius 2 is 2.26 bits per heavy atom. The van der Waals surface area contributed by atoms with Gasteiger partial charge < -0.3 is 15.4 Å². The second kappa shape index (κ2) is 6.06. The van der Waals surface area contributed by atoms with Gasteiger partial charge in [0.15, 0.2) is 0 Å². The van der Waals surface area contributed by atoms with E-state index in [0.717, 1.165) is 19.5 Å². The number of hydrogen-bond acceptors (Lipinski definition) is 4. The van der Waals surface area contributed by atoms with Crippen LogP contribution in [0.4, 0.5) is 5.69 Å². The molecular weight excluding hydrogens is 240 g/mol. The summed E-state index contributed by atoms with van der Waals surface area (Å²) in [5, 5.41) is 0. The minimum absolute atomic E-state index is 0.115. The van der Waals surface area contributed by atoms with Crippen molar-refractivity contribution in [3.63, 3.8) is 0 Å². The van der Waals surface area contributed by atoms with Crippen molar-refractivity contribution in [2.75, 3.05) is 25.1 Å². The Bertz CT molecular complexity index is 448. The van der Waals surface area contributed by atoms with Gasteiger partial charge in [0.1, 0.15) is 0 Å². The van der Waals surface area contributed by atoms with Gasteiger partial charge in [0, 0.05) is 24.8 Å². The molecule has 0 spiro atoms. The lowest BCUT2D eigenvalue weighted by molar-refractivity contribution is -0.141. The maximum Gasteiger partial charge on any atom is 0.305 e. The van der Waals surface area contributed by atoms with Crippen LogP contribution in [0.1, 0.15) is 18.4 Å². The van der Waals surface area contributed by atoms with Crippen molar-refractivity contribution in [2.24, 2.45) is 11.7 Å². The number of piperidine rings is 1. The lowest BCUT2D eigenvalue weighted by Crippen LogP contribution is -2.47. The number of benzene rings is 1. The van der Waals surface area contributed by atoms with Crippen LogP contribution in [0.3, 0.4) is 0 Å². The van der Waals surface area contributed by atoms with E-state index in [0.29, 0.717) is 6.42 Å². The second-order valence-electron chi connectivity index (χ2n) is 5.39. The third-order valence-corrected chi connectivity index (χ3v) is 3.62. The summed E-state index contributed by atoms with van der Waals surface area (Å²) in [6.07, 6.45) is 1.34. The zero-order valence-electron chi connectivity index (χ0n) is 11.6. The SMILES string of the molecule is COC(=O)CC1CC(N)CN(c2cccc(C)c2)C1. The molecule has 2 rings (SSSR count). The van der Waals surface area contributed by atoms with Crippen LogP contribution in [-0.2, 0) is 9.53 Å². The first-order valence-corrected chi connectivity index (χ1v) is 6.72. The van der Waals surface area contributed by atoms with Crippen LogP contribution >= 0.6 is 0 Å². The Labute approximate surface area is 114 Å². The van der Waals surface area contributed by atoms with Gasteiger partial charge in [-0.25, -0.2) is 0 Å². The molecule has 0 radical (unpaired) electrons. The first kappa shape index (κ1) is 13.9. The number of nitrogens with two attached hydrogens (primary N) is 1. The summed E-state index contributed by atoms with van der Waals surface area (Å²) in [6.45, 7) is 3.80. The third-order valence-electron chi connectivity index (χ3n) is 3.62. The van der Waals surface area contributed by atoms with Gasteiger partial charge in [-0.15, -0.1) is 0 Å². The van der Waals surface area contributed by atoms with Gasteiger partial charge in [-0.05, 0) is 37.0 Å². The molecule has 0 bridgehead atoms. The fraction of sp³-hybridized carbons (Fsp3) is 0.533. The molecule has 4 heteroatoms. The number of aryl methyl sites for hydroxylation is 1. The smallest absolute Gasteiger partial charge is 0.305 e. The lowest BCUT2D eigenvalue weighted by atomic mass is 9.91. The summed E-state index contributed by atoms with van der Waals surface area (Å²) in [5.41, 5.74) is 8.54. The molecule has 0 amide bonds. The Kier molecular flexibility index (Phi) is 4.43. The standard InChI is InChI=1S/C15H22N2O2/c1-11-4-3-5-14(6-11)17-9-12(7-13(16)10-17)8-15(18)19-2/h3-6,12-13H,7-10,16H2,1-2H3. The number of nitrogens with zero attached hydrogens (tertiary/aromatic N) is 1. The molecular formula is C15H22N2O2. The summed E-state index contributed by atoms with van der Waals surface area (Å²) >= 11 is 0. The van der Waals surface area contributed by atoms with Gasteiger partial charge in [-0.3, -0.25) is 4.79 Å². The molecule has 0 saturated carbocycles. The van der Waals surface area contributed by atoms with E-state index in [-0.39, 0.29) is 17.9 Å². The predicted octanol–water partition coefficient (Wildman–Crippen LogP) is 1.71. The molecule has 1 fully saturated rings. The molecule has 104 valence electrons. The largest absolute Gasteiger partial charge is 0.469 e. The first-order valence-electron chi connectivity index (χ1n) is 6.72. The molecule has 2 atom stereocenters. The lowest BCUT2D eigenvalue weighted by Gasteiger charge is -2.37. The van der Waals surface area contributed by atoms with Crippen LogP contribution in [-0.4, -0.2) is 32.2 Å². The van der Waals surface area contributed by atoms with E-state index >= 15 is 0 Å². The van der Waals surface area contributed by atoms with Crippen molar-refractivity contribution in [2.45, 2.75) is 25.8 Å². The second-order valence-corrected chi connectivity index (χ2v) is 5.39. The highest BCUT2D eigenvalue weighted by atomic mass is 16.5. The van der Waals surface area contributed by atoms with Crippen LogP contribution < -0.4 is 10.6 Å². The van der Waals surface area contributed by atoms with Gasteiger partial charge in [0.2, 0.25) is 0 Å². The van der Waals surface area contributed by atoms with Crippen molar-refractivity contribution in [1.82, 2.24) is 0 Å². The molecule has 0 aromatic heterocycles. The fourth-order valence-corrected chi connectivity index (χ4v) is 2.75. The predicted molar refractivity (Wildman–Crippen MR) is 76.1 cm³/mol. The van der Waals surface area contributed by atoms with Crippen LogP contribution in [0.15, 0.2) is 24.3 Å². The molecule has 1 saturated heterocycles. The van der Waals surface area contributed by atoms with Gasteiger partial charge >= 0.3 is 5.97 Å². The molecule has 1 aliphatic heterocycles. The number of rotatable bonds is 3. The van der Waals surface area contributed by atoms with Crippen molar-refractivity contribution >= 4 is 11.7 Å². The van der Waals surface area contributed by atoms with Crippen LogP contribution in [0.2, 0.25) is 0 Å². The normalized spacial score (nSPS) is 23.2. The number of anilines is 1. The summed E-state index contributed by atoms with van der Waals surface area (Å²) < 4.78 is 4.75. The Morgan fingerprint density at radius 3 is 2.95 bits per heavy atom. The van der Waals surface area contributed by atoms with Crippen molar-refractivity contribution < 1.29 is 9.53 Å². The van der Waals surface area contributed by atoms with E-state index in [9.17, 15) is 4.79 Å². The van der Waals surface area contributed by atoms with Gasteiger partial charge in [0.25, 0.3) is 0 Å². The maximum atomic E-state index is 11.4. The van der Waals surface area contributed by atoms with E-state index in [1.165, 1.54) is 18.4 Å². The average molecular weight is 262 g/mol. The van der Waals surface area contributed by atoms with Gasteiger partial charge in [-0.2, -0.15) is 0 Å². The molecule has 0 aliphatic carbocycles. The summed E-state index contributed by atoms with van der Waals surface area (Å²) in [6, 6.07) is 8.51. The van der Waals surface area contributed by atoms with Gasteiger partial charge in [-0.1, -0.05) is 12.1 Å². The molecule has 1 aliphatic rings. The van der Waals surface area contributed by atoms with Crippen LogP contribution in [0.5, 0.6) is 0 Å². The highest BCUT2D eigenvalue weighted by molar-refractivity contribution is 5.69. The molecule has 2 unspecified atom stereocenters. The number of carbonyl (C=O) groups is 1. The highest BCUT2D eigenvalue weighted by Crippen LogP contribution is 2.25. The van der Waals surface area contributed by atoms with Crippen molar-refractivity contribution in [3.8, 4) is 0 Å². The van der Waals surface area contributed by atoms with E-state index in [4.69, 9.17) is 10.5 Å². The monoisotopic (exact) mass is 262 g/mol. The Morgan fingerprint density at radius 1 is 1.47 bits per heavy atom. The molecule has 2 N–H and O–H groups in total. The summed E-state index contributed by atoms with van der Waals surface area (Å²) in [7, 11) is 1.43. The third kappa shape index (κ3) is 3.70. The number of methoxy groups -OCH3 is 1. The Hall–Kier alpha value is -1.55. The quantitative estimate of drug-likeness (QED) is 0.843. The van der Waals surface area contributed by atoms with E-state index in [2.05, 4.69) is 36.1 Å². The fourth-order valence-electron chi connectivity index (χ4n) is 2.75. The highest BCUT2D eigenvalue weighted by Gasteiger charge is 2.27. The first-order chi connectivity index (χ1) is 9.08. The number of ether oxygens (including phenoxy) is 1.